The van der Waals surface area contributed by atoms with Crippen LogP contribution in [-0.4, -0.2) is 24.7 Å². The van der Waals surface area contributed by atoms with Crippen molar-refractivity contribution in [3.8, 4) is 11.3 Å². The van der Waals surface area contributed by atoms with Gasteiger partial charge in [-0.3, -0.25) is 0 Å². The lowest BCUT2D eigenvalue weighted by Gasteiger charge is -2.19. The molecule has 4 heteroatoms. The zero-order chi connectivity index (χ0) is 14.5. The second-order valence-electron chi connectivity index (χ2n) is 5.36. The molecular weight excluding hydrogens is 264 g/mol. The second kappa shape index (κ2) is 6.87. The molecule has 1 saturated heterocycles. The van der Waals surface area contributed by atoms with Gasteiger partial charge in [0.2, 0.25) is 0 Å². The molecule has 1 aromatic carbocycles. The minimum Gasteiger partial charge on any atom is -0.440 e. The predicted molar refractivity (Wildman–Crippen MR) is 82.1 cm³/mol. The maximum Gasteiger partial charge on any atom is 0.198 e. The lowest BCUT2D eigenvalue weighted by atomic mass is 9.98. The Morgan fingerprint density at radius 2 is 2.00 bits per heavy atom. The SMILES string of the molecule is CCOCc1nc(C2CCNCC2)oc1-c1ccccc1. The Balaban J connectivity index is 1.90. The van der Waals surface area contributed by atoms with E-state index >= 15 is 0 Å². The molecule has 1 aliphatic rings. The molecule has 0 saturated carbocycles. The third kappa shape index (κ3) is 3.34. The van der Waals surface area contributed by atoms with Crippen molar-refractivity contribution in [3.63, 3.8) is 0 Å². The van der Waals surface area contributed by atoms with Gasteiger partial charge in [0, 0.05) is 18.1 Å². The van der Waals surface area contributed by atoms with Gasteiger partial charge >= 0.3 is 0 Å². The summed E-state index contributed by atoms with van der Waals surface area (Å²) in [6, 6.07) is 10.2. The number of hydrogen-bond donors (Lipinski definition) is 1. The van der Waals surface area contributed by atoms with E-state index in [-0.39, 0.29) is 0 Å². The van der Waals surface area contributed by atoms with Gasteiger partial charge in [0.25, 0.3) is 0 Å². The number of ether oxygens (including phenoxy) is 1. The predicted octanol–water partition coefficient (Wildman–Crippen LogP) is 3.35. The molecule has 1 N–H and O–H groups in total. The summed E-state index contributed by atoms with van der Waals surface area (Å²) in [6.45, 7) is 5.26. The van der Waals surface area contributed by atoms with Crippen LogP contribution in [0.3, 0.4) is 0 Å². The summed E-state index contributed by atoms with van der Waals surface area (Å²) in [5.74, 6) is 2.15. The highest BCUT2D eigenvalue weighted by Gasteiger charge is 2.23. The van der Waals surface area contributed by atoms with Crippen LogP contribution in [0.1, 0.15) is 37.3 Å². The smallest absolute Gasteiger partial charge is 0.198 e. The van der Waals surface area contributed by atoms with Gasteiger partial charge in [0.05, 0.1) is 6.61 Å². The normalized spacial score (nSPS) is 16.2. The van der Waals surface area contributed by atoms with E-state index in [2.05, 4.69) is 17.4 Å². The fourth-order valence-electron chi connectivity index (χ4n) is 2.73. The van der Waals surface area contributed by atoms with E-state index in [1.54, 1.807) is 0 Å². The van der Waals surface area contributed by atoms with E-state index in [0.717, 1.165) is 48.8 Å². The zero-order valence-corrected chi connectivity index (χ0v) is 12.5. The van der Waals surface area contributed by atoms with Gasteiger partial charge in [-0.25, -0.2) is 4.98 Å². The second-order valence-corrected chi connectivity index (χ2v) is 5.36. The first kappa shape index (κ1) is 14.3. The third-order valence-electron chi connectivity index (χ3n) is 3.88. The Bertz CT molecular complexity index is 559. The van der Waals surface area contributed by atoms with E-state index in [0.29, 0.717) is 19.1 Å². The molecule has 4 nitrogen and oxygen atoms in total. The van der Waals surface area contributed by atoms with E-state index in [1.807, 2.05) is 25.1 Å². The van der Waals surface area contributed by atoms with Crippen molar-refractivity contribution >= 4 is 0 Å². The first-order valence-corrected chi connectivity index (χ1v) is 7.72. The lowest BCUT2D eigenvalue weighted by molar-refractivity contribution is 0.131. The summed E-state index contributed by atoms with van der Waals surface area (Å²) in [6.07, 6.45) is 2.17. The van der Waals surface area contributed by atoms with Crippen LogP contribution >= 0.6 is 0 Å². The van der Waals surface area contributed by atoms with Crippen molar-refractivity contribution in [1.82, 2.24) is 10.3 Å². The van der Waals surface area contributed by atoms with E-state index in [4.69, 9.17) is 14.1 Å². The summed E-state index contributed by atoms with van der Waals surface area (Å²) >= 11 is 0. The number of nitrogens with zero attached hydrogens (tertiary/aromatic N) is 1. The fourth-order valence-corrected chi connectivity index (χ4v) is 2.73. The van der Waals surface area contributed by atoms with Crippen molar-refractivity contribution in [3.05, 3.63) is 41.9 Å². The summed E-state index contributed by atoms with van der Waals surface area (Å²) in [5, 5.41) is 3.38. The maximum atomic E-state index is 6.12. The summed E-state index contributed by atoms with van der Waals surface area (Å²) < 4.78 is 11.7. The topological polar surface area (TPSA) is 47.3 Å². The summed E-state index contributed by atoms with van der Waals surface area (Å²) in [5.41, 5.74) is 1.98. The lowest BCUT2D eigenvalue weighted by Crippen LogP contribution is -2.26. The number of benzene rings is 1. The molecule has 0 atom stereocenters. The Kier molecular flexibility index (Phi) is 4.68. The Labute approximate surface area is 125 Å². The molecule has 0 unspecified atom stereocenters. The molecule has 0 radical (unpaired) electrons. The fraction of sp³-hybridized carbons (Fsp3) is 0.471. The minimum absolute atomic E-state index is 0.420. The monoisotopic (exact) mass is 286 g/mol. The zero-order valence-electron chi connectivity index (χ0n) is 12.5. The molecule has 0 amide bonds. The molecule has 3 rings (SSSR count). The van der Waals surface area contributed by atoms with Crippen molar-refractivity contribution in [2.24, 2.45) is 0 Å². The molecular formula is C17H22N2O2. The molecule has 21 heavy (non-hydrogen) atoms. The Hall–Kier alpha value is -1.65. The van der Waals surface area contributed by atoms with Crippen LogP contribution in [0.4, 0.5) is 0 Å². The highest BCUT2D eigenvalue weighted by molar-refractivity contribution is 5.59. The van der Waals surface area contributed by atoms with Crippen LogP contribution in [-0.2, 0) is 11.3 Å². The van der Waals surface area contributed by atoms with Crippen molar-refractivity contribution in [1.29, 1.82) is 0 Å². The number of oxazole rings is 1. The Morgan fingerprint density at radius 1 is 1.24 bits per heavy atom. The van der Waals surface area contributed by atoms with Crippen LogP contribution in [0.25, 0.3) is 11.3 Å². The average molecular weight is 286 g/mol. The summed E-state index contributed by atoms with van der Waals surface area (Å²) in [7, 11) is 0. The first-order chi connectivity index (χ1) is 10.4. The number of rotatable bonds is 5. The third-order valence-corrected chi connectivity index (χ3v) is 3.88. The van der Waals surface area contributed by atoms with Crippen LogP contribution < -0.4 is 5.32 Å². The molecule has 0 bridgehead atoms. The molecule has 2 heterocycles. The van der Waals surface area contributed by atoms with Crippen molar-refractivity contribution < 1.29 is 9.15 Å². The highest BCUT2D eigenvalue weighted by atomic mass is 16.5. The first-order valence-electron chi connectivity index (χ1n) is 7.72. The van der Waals surface area contributed by atoms with Gasteiger partial charge in [-0.2, -0.15) is 0 Å². The number of aromatic nitrogens is 1. The molecule has 0 aliphatic carbocycles. The molecule has 1 aromatic heterocycles. The van der Waals surface area contributed by atoms with E-state index in [1.165, 1.54) is 0 Å². The van der Waals surface area contributed by atoms with Gasteiger partial charge in [-0.15, -0.1) is 0 Å². The van der Waals surface area contributed by atoms with Crippen LogP contribution in [0.15, 0.2) is 34.7 Å². The molecule has 1 aliphatic heterocycles. The van der Waals surface area contributed by atoms with Crippen LogP contribution in [0.2, 0.25) is 0 Å². The molecule has 112 valence electrons. The van der Waals surface area contributed by atoms with E-state index < -0.39 is 0 Å². The van der Waals surface area contributed by atoms with Gasteiger partial charge in [0.1, 0.15) is 5.69 Å². The number of hydrogen-bond acceptors (Lipinski definition) is 4. The molecule has 1 fully saturated rings. The van der Waals surface area contributed by atoms with Crippen molar-refractivity contribution in [2.45, 2.75) is 32.3 Å². The molecule has 2 aromatic rings. The number of piperidine rings is 1. The molecule has 0 spiro atoms. The van der Waals surface area contributed by atoms with Gasteiger partial charge in [-0.05, 0) is 32.9 Å². The minimum atomic E-state index is 0.420. The largest absolute Gasteiger partial charge is 0.440 e. The van der Waals surface area contributed by atoms with Crippen molar-refractivity contribution in [2.75, 3.05) is 19.7 Å². The van der Waals surface area contributed by atoms with Gasteiger partial charge in [-0.1, -0.05) is 30.3 Å². The Morgan fingerprint density at radius 3 is 2.71 bits per heavy atom. The quantitative estimate of drug-likeness (QED) is 0.915. The maximum absolute atomic E-state index is 6.12. The van der Waals surface area contributed by atoms with Crippen LogP contribution in [0.5, 0.6) is 0 Å². The van der Waals surface area contributed by atoms with Gasteiger partial charge < -0.3 is 14.5 Å². The average Bonchev–Trinajstić information content (AvgIpc) is 2.99. The van der Waals surface area contributed by atoms with Gasteiger partial charge in [0.15, 0.2) is 11.7 Å². The highest BCUT2D eigenvalue weighted by Crippen LogP contribution is 2.31. The van der Waals surface area contributed by atoms with Crippen LogP contribution in [0, 0.1) is 0 Å². The standard InChI is InChI=1S/C17H22N2O2/c1-2-20-12-15-16(13-6-4-3-5-7-13)21-17(19-15)14-8-10-18-11-9-14/h3-7,14,18H,2,8-12H2,1H3. The number of nitrogens with one attached hydrogen (secondary N) is 1. The summed E-state index contributed by atoms with van der Waals surface area (Å²) in [4.78, 5) is 4.73. The van der Waals surface area contributed by atoms with E-state index in [9.17, 15) is 0 Å².